The van der Waals surface area contributed by atoms with Gasteiger partial charge in [0, 0.05) is 12.6 Å². The zero-order valence-corrected chi connectivity index (χ0v) is 21.9. The molecule has 0 fully saturated rings. The highest BCUT2D eigenvalue weighted by atomic mass is 79.9. The molecule has 0 aliphatic carbocycles. The summed E-state index contributed by atoms with van der Waals surface area (Å²) in [6.07, 6.45) is 1.34. The van der Waals surface area contributed by atoms with Gasteiger partial charge in [0.25, 0.3) is 5.91 Å². The van der Waals surface area contributed by atoms with E-state index in [-0.39, 0.29) is 24.5 Å². The summed E-state index contributed by atoms with van der Waals surface area (Å²) < 4.78 is 6.77. The minimum atomic E-state index is -0.578. The average molecular weight is 525 g/mol. The fourth-order valence-corrected chi connectivity index (χ4v) is 4.52. The van der Waals surface area contributed by atoms with E-state index in [1.54, 1.807) is 4.90 Å². The molecule has 0 spiro atoms. The highest BCUT2D eigenvalue weighted by molar-refractivity contribution is 9.10. The van der Waals surface area contributed by atoms with Gasteiger partial charge in [-0.2, -0.15) is 0 Å². The van der Waals surface area contributed by atoms with Gasteiger partial charge in [0.2, 0.25) is 5.91 Å². The van der Waals surface area contributed by atoms with Gasteiger partial charge >= 0.3 is 0 Å². The largest absolute Gasteiger partial charge is 0.483 e. The summed E-state index contributed by atoms with van der Waals surface area (Å²) in [5, 5.41) is 5.14. The van der Waals surface area contributed by atoms with Crippen LogP contribution in [-0.4, -0.2) is 35.4 Å². The summed E-state index contributed by atoms with van der Waals surface area (Å²) in [6.45, 7) is 8.13. The lowest BCUT2D eigenvalue weighted by Crippen LogP contribution is -2.51. The molecule has 0 saturated heterocycles. The Balaban J connectivity index is 1.83. The van der Waals surface area contributed by atoms with Crippen molar-refractivity contribution in [1.29, 1.82) is 0 Å². The molecule has 1 N–H and O–H groups in total. The quantitative estimate of drug-likeness (QED) is 0.353. The van der Waals surface area contributed by atoms with Crippen LogP contribution in [0.25, 0.3) is 10.8 Å². The van der Waals surface area contributed by atoms with Gasteiger partial charge in [-0.25, -0.2) is 0 Å². The number of rotatable bonds is 10. The van der Waals surface area contributed by atoms with Crippen molar-refractivity contribution >= 4 is 38.5 Å². The maximum atomic E-state index is 13.4. The molecule has 0 bridgehead atoms. The molecule has 3 aromatic carbocycles. The Morgan fingerprint density at radius 3 is 2.50 bits per heavy atom. The maximum absolute atomic E-state index is 13.4. The van der Waals surface area contributed by atoms with Crippen molar-refractivity contribution in [3.05, 3.63) is 76.3 Å². The Bertz CT molecular complexity index is 1150. The number of aryl methyl sites for hydroxylation is 1. The lowest BCUT2D eigenvalue weighted by atomic mass is 10.1. The topological polar surface area (TPSA) is 58.6 Å². The number of nitrogens with one attached hydrogen (secondary N) is 1. The minimum absolute atomic E-state index is 0.0438. The highest BCUT2D eigenvalue weighted by Gasteiger charge is 2.29. The van der Waals surface area contributed by atoms with Gasteiger partial charge in [-0.05, 0) is 65.0 Å². The summed E-state index contributed by atoms with van der Waals surface area (Å²) in [7, 11) is 0. The van der Waals surface area contributed by atoms with Gasteiger partial charge in [-0.1, -0.05) is 74.0 Å². The molecule has 2 amide bonds. The normalized spacial score (nSPS) is 12.7. The summed E-state index contributed by atoms with van der Waals surface area (Å²) >= 11 is 3.62. The van der Waals surface area contributed by atoms with E-state index in [0.29, 0.717) is 18.7 Å². The number of hydrogen-bond acceptors (Lipinski definition) is 3. The number of carbonyl (C=O) groups excluding carboxylic acids is 2. The van der Waals surface area contributed by atoms with Crippen molar-refractivity contribution in [2.75, 3.05) is 6.61 Å². The third kappa shape index (κ3) is 6.38. The van der Waals surface area contributed by atoms with E-state index >= 15 is 0 Å². The molecule has 2 atom stereocenters. The van der Waals surface area contributed by atoms with Gasteiger partial charge in [-0.15, -0.1) is 0 Å². The van der Waals surface area contributed by atoms with Crippen LogP contribution >= 0.6 is 15.9 Å². The van der Waals surface area contributed by atoms with Crippen molar-refractivity contribution in [3.63, 3.8) is 0 Å². The molecule has 6 heteroatoms. The monoisotopic (exact) mass is 524 g/mol. The average Bonchev–Trinajstić information content (AvgIpc) is 2.83. The molecule has 0 saturated carbocycles. The van der Waals surface area contributed by atoms with E-state index in [4.69, 9.17) is 4.74 Å². The van der Waals surface area contributed by atoms with Crippen LogP contribution in [0.15, 0.2) is 65.1 Å². The number of nitrogens with zero attached hydrogens (tertiary/aromatic N) is 1. The second-order valence-corrected chi connectivity index (χ2v) is 9.43. The first-order valence-electron chi connectivity index (χ1n) is 11.8. The fraction of sp³-hybridized carbons (Fsp3) is 0.357. The molecule has 0 aliphatic rings. The van der Waals surface area contributed by atoms with Crippen LogP contribution in [-0.2, 0) is 16.1 Å². The Morgan fingerprint density at radius 2 is 1.79 bits per heavy atom. The number of benzene rings is 3. The number of carbonyl (C=O) groups is 2. The maximum Gasteiger partial charge on any atom is 0.261 e. The first-order chi connectivity index (χ1) is 16.3. The van der Waals surface area contributed by atoms with Crippen LogP contribution in [0.3, 0.4) is 0 Å². The summed E-state index contributed by atoms with van der Waals surface area (Å²) in [5.41, 5.74) is 2.09. The molecule has 3 aromatic rings. The SMILES string of the molecule is CC[C@H](C(=O)N[C@@H](C)CC)N(Cc1cccc(C)c1)C(=O)COc1ccc2ccccc2c1Br. The van der Waals surface area contributed by atoms with Crippen LogP contribution < -0.4 is 10.1 Å². The van der Waals surface area contributed by atoms with E-state index < -0.39 is 6.04 Å². The molecule has 34 heavy (non-hydrogen) atoms. The standard InChI is InChI=1S/C28H33BrN2O3/c1-5-20(4)30-28(33)24(6-2)31(17-21-11-9-10-19(3)16-21)26(32)18-34-25-15-14-22-12-7-8-13-23(22)27(25)29/h7-16,20,24H,5-6,17-18H2,1-4H3,(H,30,33)/t20-,24+/m0/s1. The number of amides is 2. The number of halogens is 1. The molecule has 3 rings (SSSR count). The molecule has 0 unspecified atom stereocenters. The van der Waals surface area contributed by atoms with Crippen LogP contribution in [0.1, 0.15) is 44.7 Å². The zero-order chi connectivity index (χ0) is 24.7. The summed E-state index contributed by atoms with van der Waals surface area (Å²) in [6, 6.07) is 19.3. The Hall–Kier alpha value is -2.86. The molecular weight excluding hydrogens is 492 g/mol. The second-order valence-electron chi connectivity index (χ2n) is 8.64. The highest BCUT2D eigenvalue weighted by Crippen LogP contribution is 2.33. The number of hydrogen-bond donors (Lipinski definition) is 1. The Morgan fingerprint density at radius 1 is 1.03 bits per heavy atom. The van der Waals surface area contributed by atoms with Crippen molar-refractivity contribution in [2.45, 2.75) is 59.2 Å². The lowest BCUT2D eigenvalue weighted by molar-refractivity contribution is -0.143. The summed E-state index contributed by atoms with van der Waals surface area (Å²) in [5.74, 6) is 0.233. The smallest absolute Gasteiger partial charge is 0.261 e. The van der Waals surface area contributed by atoms with Crippen molar-refractivity contribution in [2.24, 2.45) is 0 Å². The molecule has 0 radical (unpaired) electrons. The molecule has 0 heterocycles. The van der Waals surface area contributed by atoms with Crippen LogP contribution in [0.5, 0.6) is 5.75 Å². The zero-order valence-electron chi connectivity index (χ0n) is 20.3. The third-order valence-electron chi connectivity index (χ3n) is 6.00. The van der Waals surface area contributed by atoms with Gasteiger partial charge in [0.05, 0.1) is 4.47 Å². The lowest BCUT2D eigenvalue weighted by Gasteiger charge is -2.31. The third-order valence-corrected chi connectivity index (χ3v) is 6.82. The van der Waals surface area contributed by atoms with Gasteiger partial charge < -0.3 is 15.0 Å². The van der Waals surface area contributed by atoms with Gasteiger partial charge in [0.1, 0.15) is 11.8 Å². The Kier molecular flexibility index (Phi) is 9.11. The molecular formula is C28H33BrN2O3. The van der Waals surface area contributed by atoms with E-state index in [1.165, 1.54) is 0 Å². The van der Waals surface area contributed by atoms with Crippen molar-refractivity contribution in [1.82, 2.24) is 10.2 Å². The first kappa shape index (κ1) is 25.8. The number of fused-ring (bicyclic) bond motifs is 1. The van der Waals surface area contributed by atoms with Crippen LogP contribution in [0, 0.1) is 6.92 Å². The van der Waals surface area contributed by atoms with Gasteiger partial charge in [0.15, 0.2) is 6.61 Å². The number of ether oxygens (including phenoxy) is 1. The fourth-order valence-electron chi connectivity index (χ4n) is 3.92. The Labute approximate surface area is 210 Å². The molecule has 180 valence electrons. The molecule has 0 aliphatic heterocycles. The van der Waals surface area contributed by atoms with E-state index in [1.807, 2.05) is 88.4 Å². The summed E-state index contributed by atoms with van der Waals surface area (Å²) in [4.78, 5) is 28.2. The van der Waals surface area contributed by atoms with Crippen LogP contribution in [0.2, 0.25) is 0 Å². The van der Waals surface area contributed by atoms with E-state index in [2.05, 4.69) is 21.2 Å². The second kappa shape index (κ2) is 12.0. The molecule has 0 aromatic heterocycles. The predicted molar refractivity (Wildman–Crippen MR) is 141 cm³/mol. The molecule has 5 nitrogen and oxygen atoms in total. The first-order valence-corrected chi connectivity index (χ1v) is 12.6. The minimum Gasteiger partial charge on any atom is -0.483 e. The van der Waals surface area contributed by atoms with Crippen LogP contribution in [0.4, 0.5) is 0 Å². The van der Waals surface area contributed by atoms with Gasteiger partial charge in [-0.3, -0.25) is 9.59 Å². The van der Waals surface area contributed by atoms with E-state index in [0.717, 1.165) is 32.8 Å². The predicted octanol–water partition coefficient (Wildman–Crippen LogP) is 6.01. The van der Waals surface area contributed by atoms with E-state index in [9.17, 15) is 9.59 Å². The van der Waals surface area contributed by atoms with Crippen molar-refractivity contribution < 1.29 is 14.3 Å². The van der Waals surface area contributed by atoms with Crippen molar-refractivity contribution in [3.8, 4) is 5.75 Å².